The fourth-order valence-electron chi connectivity index (χ4n) is 2.02. The number of nitrogens with zero attached hydrogens (tertiary/aromatic N) is 4. The minimum Gasteiger partial charge on any atom is -0.505 e. The van der Waals surface area contributed by atoms with Gasteiger partial charge in [-0.1, -0.05) is 26.0 Å². The van der Waals surface area contributed by atoms with Crippen LogP contribution in [0.1, 0.15) is 26.0 Å². The van der Waals surface area contributed by atoms with Crippen molar-refractivity contribution < 1.29 is 19.7 Å². The maximum Gasteiger partial charge on any atom is 0.171 e. The molecule has 0 saturated heterocycles. The summed E-state index contributed by atoms with van der Waals surface area (Å²) in [5.41, 5.74) is 2.34. The van der Waals surface area contributed by atoms with E-state index in [4.69, 9.17) is 5.26 Å². The van der Waals surface area contributed by atoms with Crippen molar-refractivity contribution in [3.63, 3.8) is 0 Å². The Labute approximate surface area is 151 Å². The number of phenolic OH excluding ortho intramolecular Hbond substituents is 1. The number of fused-ring (bicyclic) bond motifs is 1. The molecule has 0 heterocycles. The smallest absolute Gasteiger partial charge is 0.171 e. The van der Waals surface area contributed by atoms with E-state index < -0.39 is 0 Å². The molecule has 0 aliphatic carbocycles. The first-order valence-electron chi connectivity index (χ1n) is 6.63. The average molecular weight is 368 g/mol. The van der Waals surface area contributed by atoms with Gasteiger partial charge in [-0.15, -0.1) is 9.45 Å². The first-order valence-corrected chi connectivity index (χ1v) is 7.37. The van der Waals surface area contributed by atoms with Gasteiger partial charge in [0.1, 0.15) is 5.69 Å². The Bertz CT molecular complexity index is 766. The number of aryl methyl sites for hydroxylation is 2. The summed E-state index contributed by atoms with van der Waals surface area (Å²) in [5, 5.41) is 39.0. The lowest BCUT2D eigenvalue weighted by atomic mass is 10.0. The van der Waals surface area contributed by atoms with Gasteiger partial charge in [-0.2, -0.15) is 15.3 Å². The van der Waals surface area contributed by atoms with Crippen LogP contribution in [0.25, 0.3) is 10.8 Å². The van der Waals surface area contributed by atoms with E-state index in [1.165, 1.54) is 7.05 Å². The fraction of sp³-hybridized carbons (Fsp3) is 0.375. The van der Waals surface area contributed by atoms with Crippen molar-refractivity contribution in [1.29, 1.82) is 0 Å². The SMILES string of the molecule is C.C.CN=NCN=Nc1c(SOOO)cc2cc(C)c(C)cc2c1O. The van der Waals surface area contributed by atoms with Crippen LogP contribution in [0.2, 0.25) is 0 Å². The molecule has 2 aromatic rings. The van der Waals surface area contributed by atoms with E-state index in [2.05, 4.69) is 29.8 Å². The highest BCUT2D eigenvalue weighted by molar-refractivity contribution is 7.94. The Kier molecular flexibility index (Phi) is 9.84. The van der Waals surface area contributed by atoms with Gasteiger partial charge < -0.3 is 5.11 Å². The third-order valence-electron chi connectivity index (χ3n) is 3.26. The van der Waals surface area contributed by atoms with Gasteiger partial charge in [0.25, 0.3) is 0 Å². The predicted molar refractivity (Wildman–Crippen MR) is 99.4 cm³/mol. The number of phenols is 1. The van der Waals surface area contributed by atoms with Gasteiger partial charge in [0.2, 0.25) is 0 Å². The van der Waals surface area contributed by atoms with Crippen LogP contribution in [0.15, 0.2) is 43.6 Å². The van der Waals surface area contributed by atoms with Crippen LogP contribution >= 0.6 is 12.0 Å². The number of rotatable bonds is 6. The monoisotopic (exact) mass is 368 g/mol. The number of hydrogen-bond acceptors (Lipinski definition) is 9. The molecule has 8 nitrogen and oxygen atoms in total. The van der Waals surface area contributed by atoms with Crippen molar-refractivity contribution in [3.05, 3.63) is 29.3 Å². The van der Waals surface area contributed by atoms with E-state index in [9.17, 15) is 5.11 Å². The zero-order chi connectivity index (χ0) is 16.8. The van der Waals surface area contributed by atoms with E-state index in [0.717, 1.165) is 16.5 Å². The van der Waals surface area contributed by atoms with Crippen LogP contribution in [0, 0.1) is 13.8 Å². The molecule has 0 amide bonds. The third kappa shape index (κ3) is 5.46. The molecule has 2 aromatic carbocycles. The lowest BCUT2D eigenvalue weighted by Crippen LogP contribution is -1.86. The molecule has 9 heteroatoms. The van der Waals surface area contributed by atoms with Gasteiger partial charge in [-0.05, 0) is 42.5 Å². The Morgan fingerprint density at radius 2 is 1.76 bits per heavy atom. The summed E-state index contributed by atoms with van der Waals surface area (Å²) in [4.78, 5) is 0.435. The lowest BCUT2D eigenvalue weighted by Gasteiger charge is -2.11. The third-order valence-corrected chi connectivity index (χ3v) is 3.88. The molecule has 0 atom stereocenters. The second kappa shape index (κ2) is 10.7. The van der Waals surface area contributed by atoms with E-state index in [1.54, 1.807) is 6.07 Å². The van der Waals surface area contributed by atoms with Crippen molar-refractivity contribution in [1.82, 2.24) is 0 Å². The number of aromatic hydroxyl groups is 1. The van der Waals surface area contributed by atoms with Crippen molar-refractivity contribution >= 4 is 28.5 Å². The maximum atomic E-state index is 10.5. The molecule has 0 unspecified atom stereocenters. The van der Waals surface area contributed by atoms with Crippen molar-refractivity contribution in [3.8, 4) is 5.75 Å². The van der Waals surface area contributed by atoms with Crippen LogP contribution in [0.5, 0.6) is 5.75 Å². The van der Waals surface area contributed by atoms with Crippen LogP contribution < -0.4 is 0 Å². The Hall–Kier alpha value is -2.07. The molecule has 0 aliphatic heterocycles. The Morgan fingerprint density at radius 3 is 2.40 bits per heavy atom. The van der Waals surface area contributed by atoms with Gasteiger partial charge in [0.15, 0.2) is 12.4 Å². The van der Waals surface area contributed by atoms with Gasteiger partial charge >= 0.3 is 0 Å². The molecule has 0 bridgehead atoms. The summed E-state index contributed by atoms with van der Waals surface area (Å²) in [6, 6.07) is 5.59. The van der Waals surface area contributed by atoms with Crippen molar-refractivity contribution in [2.75, 3.05) is 13.7 Å². The lowest BCUT2D eigenvalue weighted by molar-refractivity contribution is -0.432. The van der Waals surface area contributed by atoms with E-state index in [1.807, 2.05) is 26.0 Å². The zero-order valence-electron chi connectivity index (χ0n) is 12.8. The molecule has 2 rings (SSSR count). The van der Waals surface area contributed by atoms with Crippen LogP contribution in [-0.2, 0) is 9.37 Å². The summed E-state index contributed by atoms with van der Waals surface area (Å²) >= 11 is 0.710. The zero-order valence-corrected chi connectivity index (χ0v) is 13.7. The molecule has 138 valence electrons. The summed E-state index contributed by atoms with van der Waals surface area (Å²) < 4.78 is 4.46. The highest BCUT2D eigenvalue weighted by atomic mass is 32.2. The second-order valence-electron chi connectivity index (χ2n) is 4.68. The van der Waals surface area contributed by atoms with Gasteiger partial charge in [0, 0.05) is 12.4 Å². The summed E-state index contributed by atoms with van der Waals surface area (Å²) in [6.07, 6.45) is 0. The topological polar surface area (TPSA) is 108 Å². The standard InChI is InChI=1S/C14H16N4O4S.2CH4/c1-8-4-10-6-12(23-22-21-20)13(18-17-7-16-15-3)14(19)11(10)5-9(8)2;;/h4-6,19-20H,7H2,1-3H3;2*1H4. The molecule has 0 aromatic heterocycles. The second-order valence-corrected chi connectivity index (χ2v) is 5.42. The van der Waals surface area contributed by atoms with Crippen LogP contribution in [0.3, 0.4) is 0 Å². The van der Waals surface area contributed by atoms with E-state index >= 15 is 0 Å². The maximum absolute atomic E-state index is 10.5. The molecule has 0 spiro atoms. The van der Waals surface area contributed by atoms with E-state index in [-0.39, 0.29) is 33.0 Å². The Morgan fingerprint density at radius 1 is 1.08 bits per heavy atom. The molecule has 0 saturated carbocycles. The number of hydrogen-bond donors (Lipinski definition) is 2. The van der Waals surface area contributed by atoms with Gasteiger partial charge in [-0.25, -0.2) is 5.26 Å². The number of benzene rings is 2. The quantitative estimate of drug-likeness (QED) is 0.282. The molecule has 0 radical (unpaired) electrons. The predicted octanol–water partition coefficient (Wildman–Crippen LogP) is 5.99. The van der Waals surface area contributed by atoms with Crippen LogP contribution in [-0.4, -0.2) is 24.1 Å². The molecule has 0 fully saturated rings. The van der Waals surface area contributed by atoms with Crippen molar-refractivity contribution in [2.45, 2.75) is 33.6 Å². The highest BCUT2D eigenvalue weighted by Crippen LogP contribution is 2.44. The molecule has 2 N–H and O–H groups in total. The van der Waals surface area contributed by atoms with Crippen molar-refractivity contribution in [2.24, 2.45) is 20.5 Å². The Balaban J connectivity index is 0.00000288. The summed E-state index contributed by atoms with van der Waals surface area (Å²) in [5.74, 6) is -0.0353. The first kappa shape index (κ1) is 22.9. The van der Waals surface area contributed by atoms with Gasteiger partial charge in [0.05, 0.1) is 16.9 Å². The normalized spacial score (nSPS) is 11.0. The van der Waals surface area contributed by atoms with Crippen LogP contribution in [0.4, 0.5) is 5.69 Å². The van der Waals surface area contributed by atoms with Gasteiger partial charge in [-0.3, -0.25) is 0 Å². The minimum absolute atomic E-state index is 0. The van der Waals surface area contributed by atoms with E-state index in [0.29, 0.717) is 22.3 Å². The first-order chi connectivity index (χ1) is 11.1. The molecular weight excluding hydrogens is 344 g/mol. The highest BCUT2D eigenvalue weighted by Gasteiger charge is 2.15. The average Bonchev–Trinajstić information content (AvgIpc) is 2.53. The number of azo groups is 2. The largest absolute Gasteiger partial charge is 0.505 e. The minimum atomic E-state index is -0.0353. The summed E-state index contributed by atoms with van der Waals surface area (Å²) in [6.45, 7) is 3.99. The summed E-state index contributed by atoms with van der Waals surface area (Å²) in [7, 11) is 1.53. The molecular formula is C16H24N4O4S. The molecule has 25 heavy (non-hydrogen) atoms. The molecule has 0 aliphatic rings. The fourth-order valence-corrected chi connectivity index (χ4v) is 2.52.